The fourth-order valence-corrected chi connectivity index (χ4v) is 1.98. The van der Waals surface area contributed by atoms with Gasteiger partial charge >= 0.3 is 5.97 Å². The second kappa shape index (κ2) is 3.49. The molecule has 0 amide bonds. The van der Waals surface area contributed by atoms with Gasteiger partial charge in [-0.25, -0.2) is 4.79 Å². The average Bonchev–Trinajstić information content (AvgIpc) is 2.73. The van der Waals surface area contributed by atoms with E-state index in [4.69, 9.17) is 26.2 Å². The smallest absolute Gasteiger partial charge is 0.338 e. The lowest BCUT2D eigenvalue weighted by Gasteiger charge is -2.04. The van der Waals surface area contributed by atoms with Gasteiger partial charge in [-0.15, -0.1) is 0 Å². The fourth-order valence-electron chi connectivity index (χ4n) is 1.70. The van der Waals surface area contributed by atoms with Crippen molar-refractivity contribution in [2.45, 2.75) is 0 Å². The molecular formula is C11H6ClNO4. The van der Waals surface area contributed by atoms with Crippen LogP contribution in [0.25, 0.3) is 10.9 Å². The number of carbonyl (C=O) groups is 1. The number of carboxylic acids is 1. The monoisotopic (exact) mass is 251 g/mol. The molecule has 1 aromatic carbocycles. The predicted octanol–water partition coefficient (Wildman–Crippen LogP) is 2.32. The Labute approximate surface area is 101 Å². The first-order chi connectivity index (χ1) is 8.16. The highest BCUT2D eigenvalue weighted by Crippen LogP contribution is 2.38. The van der Waals surface area contributed by atoms with E-state index in [0.717, 1.165) is 0 Å². The van der Waals surface area contributed by atoms with Crippen LogP contribution in [-0.2, 0) is 0 Å². The van der Waals surface area contributed by atoms with Gasteiger partial charge in [0.05, 0.1) is 16.1 Å². The number of hydrogen-bond donors (Lipinski definition) is 1. The fraction of sp³-hybridized carbons (Fsp3) is 0.0909. The van der Waals surface area contributed by atoms with Gasteiger partial charge in [0.2, 0.25) is 6.79 Å². The minimum absolute atomic E-state index is 0.0296. The summed E-state index contributed by atoms with van der Waals surface area (Å²) in [5, 5.41) is 9.63. The molecule has 17 heavy (non-hydrogen) atoms. The minimum atomic E-state index is -1.11. The van der Waals surface area contributed by atoms with Crippen molar-refractivity contribution in [1.82, 2.24) is 4.98 Å². The SMILES string of the molecule is O=C(O)c1cnc2cc3c(cc2c1Cl)OCO3. The molecule has 3 rings (SSSR count). The van der Waals surface area contributed by atoms with Crippen molar-refractivity contribution in [1.29, 1.82) is 0 Å². The number of nitrogens with zero attached hydrogens (tertiary/aromatic N) is 1. The zero-order valence-electron chi connectivity index (χ0n) is 8.44. The van der Waals surface area contributed by atoms with E-state index in [1.807, 2.05) is 0 Å². The van der Waals surface area contributed by atoms with E-state index in [1.165, 1.54) is 6.20 Å². The number of rotatable bonds is 1. The van der Waals surface area contributed by atoms with Crippen LogP contribution in [0.4, 0.5) is 0 Å². The number of fused-ring (bicyclic) bond motifs is 2. The average molecular weight is 252 g/mol. The van der Waals surface area contributed by atoms with Gasteiger partial charge in [-0.1, -0.05) is 11.6 Å². The molecule has 0 unspecified atom stereocenters. The Hall–Kier alpha value is -2.01. The van der Waals surface area contributed by atoms with Gasteiger partial charge in [-0.05, 0) is 6.07 Å². The second-order valence-electron chi connectivity index (χ2n) is 3.51. The Balaban J connectivity index is 2.32. The van der Waals surface area contributed by atoms with E-state index >= 15 is 0 Å². The van der Waals surface area contributed by atoms with Crippen molar-refractivity contribution in [2.75, 3.05) is 6.79 Å². The third kappa shape index (κ3) is 1.47. The topological polar surface area (TPSA) is 68.7 Å². The lowest BCUT2D eigenvalue weighted by atomic mass is 10.1. The molecule has 6 heteroatoms. The number of pyridine rings is 1. The molecule has 5 nitrogen and oxygen atoms in total. The molecule has 0 saturated heterocycles. The number of halogens is 1. The zero-order valence-corrected chi connectivity index (χ0v) is 9.19. The normalized spacial score (nSPS) is 13.0. The van der Waals surface area contributed by atoms with Crippen LogP contribution in [0.5, 0.6) is 11.5 Å². The summed E-state index contributed by atoms with van der Waals surface area (Å²) in [6.45, 7) is 0.148. The van der Waals surface area contributed by atoms with E-state index in [1.54, 1.807) is 12.1 Å². The van der Waals surface area contributed by atoms with E-state index in [-0.39, 0.29) is 17.4 Å². The molecule has 0 saturated carbocycles. The number of carboxylic acid groups (broad SMARTS) is 1. The summed E-state index contributed by atoms with van der Waals surface area (Å²) in [6.07, 6.45) is 1.23. The lowest BCUT2D eigenvalue weighted by molar-refractivity contribution is 0.0697. The Morgan fingerprint density at radius 2 is 2.06 bits per heavy atom. The van der Waals surface area contributed by atoms with E-state index in [0.29, 0.717) is 22.4 Å². The van der Waals surface area contributed by atoms with Crippen molar-refractivity contribution >= 4 is 28.5 Å². The first-order valence-electron chi connectivity index (χ1n) is 4.78. The molecule has 0 fully saturated rings. The Morgan fingerprint density at radius 3 is 2.76 bits per heavy atom. The molecule has 1 aromatic heterocycles. The zero-order chi connectivity index (χ0) is 12.0. The molecule has 0 atom stereocenters. The van der Waals surface area contributed by atoms with Gasteiger partial charge in [-0.2, -0.15) is 0 Å². The van der Waals surface area contributed by atoms with Gasteiger partial charge in [0.25, 0.3) is 0 Å². The van der Waals surface area contributed by atoms with Crippen molar-refractivity contribution in [3.63, 3.8) is 0 Å². The summed E-state index contributed by atoms with van der Waals surface area (Å²) in [5.41, 5.74) is 0.544. The van der Waals surface area contributed by atoms with Crippen molar-refractivity contribution in [3.8, 4) is 11.5 Å². The highest BCUT2D eigenvalue weighted by molar-refractivity contribution is 6.38. The first-order valence-corrected chi connectivity index (χ1v) is 5.16. The maximum absolute atomic E-state index is 10.9. The molecule has 0 bridgehead atoms. The number of benzene rings is 1. The molecule has 1 aliphatic heterocycles. The summed E-state index contributed by atoms with van der Waals surface area (Å²) >= 11 is 6.02. The molecule has 1 aliphatic rings. The third-order valence-corrected chi connectivity index (χ3v) is 2.93. The van der Waals surface area contributed by atoms with Crippen LogP contribution < -0.4 is 9.47 Å². The largest absolute Gasteiger partial charge is 0.478 e. The predicted molar refractivity (Wildman–Crippen MR) is 59.8 cm³/mol. The van der Waals surface area contributed by atoms with E-state index < -0.39 is 5.97 Å². The van der Waals surface area contributed by atoms with Gasteiger partial charge in [0, 0.05) is 17.6 Å². The summed E-state index contributed by atoms with van der Waals surface area (Å²) in [7, 11) is 0. The molecule has 0 aliphatic carbocycles. The number of hydrogen-bond acceptors (Lipinski definition) is 4. The van der Waals surface area contributed by atoms with Crippen LogP contribution in [0.3, 0.4) is 0 Å². The van der Waals surface area contributed by atoms with E-state index in [9.17, 15) is 4.79 Å². The second-order valence-corrected chi connectivity index (χ2v) is 3.89. The Morgan fingerprint density at radius 1 is 1.35 bits per heavy atom. The highest BCUT2D eigenvalue weighted by Gasteiger charge is 2.18. The van der Waals surface area contributed by atoms with Gasteiger partial charge in [-0.3, -0.25) is 4.98 Å². The van der Waals surface area contributed by atoms with Crippen LogP contribution in [-0.4, -0.2) is 22.9 Å². The van der Waals surface area contributed by atoms with Gasteiger partial charge in [0.1, 0.15) is 0 Å². The molecule has 86 valence electrons. The standard InChI is InChI=1S/C11H6ClNO4/c12-10-5-1-8-9(17-4-16-8)2-7(5)13-3-6(10)11(14)15/h1-3H,4H2,(H,14,15). The number of aromatic nitrogens is 1. The molecule has 0 spiro atoms. The van der Waals surface area contributed by atoms with Crippen LogP contribution in [0, 0.1) is 0 Å². The maximum Gasteiger partial charge on any atom is 0.338 e. The summed E-state index contributed by atoms with van der Waals surface area (Å²) in [5.74, 6) is 0.0231. The maximum atomic E-state index is 10.9. The number of aromatic carboxylic acids is 1. The van der Waals surface area contributed by atoms with Gasteiger partial charge < -0.3 is 14.6 Å². The molecular weight excluding hydrogens is 246 g/mol. The van der Waals surface area contributed by atoms with Crippen LogP contribution >= 0.6 is 11.6 Å². The highest BCUT2D eigenvalue weighted by atomic mass is 35.5. The van der Waals surface area contributed by atoms with Crippen LogP contribution in [0.15, 0.2) is 18.3 Å². The summed E-state index contributed by atoms with van der Waals surface area (Å²) in [6, 6.07) is 3.31. The summed E-state index contributed by atoms with van der Waals surface area (Å²) < 4.78 is 10.4. The molecule has 2 heterocycles. The van der Waals surface area contributed by atoms with Gasteiger partial charge in [0.15, 0.2) is 11.5 Å². The molecule has 2 aromatic rings. The minimum Gasteiger partial charge on any atom is -0.478 e. The quantitative estimate of drug-likeness (QED) is 0.842. The Bertz CT molecular complexity index is 641. The molecule has 1 N–H and O–H groups in total. The Kier molecular flexibility index (Phi) is 2.09. The van der Waals surface area contributed by atoms with Crippen molar-refractivity contribution in [2.24, 2.45) is 0 Å². The summed E-state index contributed by atoms with van der Waals surface area (Å²) in [4.78, 5) is 15.0. The molecule has 0 radical (unpaired) electrons. The third-order valence-electron chi connectivity index (χ3n) is 2.53. The van der Waals surface area contributed by atoms with E-state index in [2.05, 4.69) is 4.98 Å². The lowest BCUT2D eigenvalue weighted by Crippen LogP contribution is -1.99. The first kappa shape index (κ1) is 10.2. The van der Waals surface area contributed by atoms with Crippen LogP contribution in [0.2, 0.25) is 5.02 Å². The van der Waals surface area contributed by atoms with Crippen molar-refractivity contribution < 1.29 is 19.4 Å². The van der Waals surface area contributed by atoms with Crippen LogP contribution in [0.1, 0.15) is 10.4 Å². The number of ether oxygens (including phenoxy) is 2. The van der Waals surface area contributed by atoms with Crippen molar-refractivity contribution in [3.05, 3.63) is 28.9 Å².